The van der Waals surface area contributed by atoms with Gasteiger partial charge < -0.3 is 10.6 Å². The van der Waals surface area contributed by atoms with Crippen molar-refractivity contribution in [3.05, 3.63) is 71.8 Å². The predicted molar refractivity (Wildman–Crippen MR) is 94.7 cm³/mol. The molecule has 0 aliphatic rings. The topological polar surface area (TPSA) is 46.3 Å². The summed E-state index contributed by atoms with van der Waals surface area (Å²) in [6, 6.07) is 15.4. The molecule has 0 unspecified atom stereocenters. The lowest BCUT2D eigenvalue weighted by molar-refractivity contribution is -0.110. The molecule has 0 radical (unpaired) electrons. The highest BCUT2D eigenvalue weighted by Gasteiger charge is 1.95. The molecular formula is C19H20N2O. The number of hydrogen-bond donors (Lipinski definition) is 1. The summed E-state index contributed by atoms with van der Waals surface area (Å²) >= 11 is 0. The number of hydrogen-bond acceptors (Lipinski definition) is 3. The van der Waals surface area contributed by atoms with Crippen LogP contribution in [-0.4, -0.2) is 19.9 Å². The van der Waals surface area contributed by atoms with Gasteiger partial charge in [-0.1, -0.05) is 36.4 Å². The van der Waals surface area contributed by atoms with Crippen molar-refractivity contribution in [2.45, 2.75) is 0 Å². The van der Waals surface area contributed by atoms with Crippen molar-refractivity contribution in [3.63, 3.8) is 0 Å². The minimum absolute atomic E-state index is 0.0477. The molecule has 3 nitrogen and oxygen atoms in total. The molecule has 0 saturated heterocycles. The Morgan fingerprint density at radius 2 is 1.32 bits per heavy atom. The van der Waals surface area contributed by atoms with Crippen LogP contribution in [0.5, 0.6) is 0 Å². The Morgan fingerprint density at radius 1 is 0.864 bits per heavy atom. The lowest BCUT2D eigenvalue weighted by atomic mass is 10.1. The first-order chi connectivity index (χ1) is 10.5. The van der Waals surface area contributed by atoms with Gasteiger partial charge in [0.1, 0.15) is 0 Å². The van der Waals surface area contributed by atoms with Gasteiger partial charge in [0.2, 0.25) is 0 Å². The number of allylic oxidation sites excluding steroid dienone is 2. The van der Waals surface area contributed by atoms with Crippen molar-refractivity contribution in [2.75, 3.05) is 24.7 Å². The second-order valence-corrected chi connectivity index (χ2v) is 5.22. The molecule has 2 aromatic rings. The van der Waals surface area contributed by atoms with Gasteiger partial charge in [-0.05, 0) is 47.5 Å². The zero-order chi connectivity index (χ0) is 15.9. The summed E-state index contributed by atoms with van der Waals surface area (Å²) in [6.45, 7) is 0. The van der Waals surface area contributed by atoms with Crippen LogP contribution in [-0.2, 0) is 4.79 Å². The Bertz CT molecular complexity index is 680. The maximum atomic E-state index is 11.8. The number of benzene rings is 2. The van der Waals surface area contributed by atoms with Gasteiger partial charge >= 0.3 is 0 Å². The Morgan fingerprint density at radius 3 is 1.77 bits per heavy atom. The number of nitrogens with two attached hydrogens (primary N) is 1. The number of anilines is 2. The van der Waals surface area contributed by atoms with Crippen LogP contribution in [0.1, 0.15) is 11.1 Å². The summed E-state index contributed by atoms with van der Waals surface area (Å²) in [4.78, 5) is 13.9. The second kappa shape index (κ2) is 7.27. The van der Waals surface area contributed by atoms with E-state index in [0.717, 1.165) is 16.8 Å². The number of carbonyl (C=O) groups is 1. The Labute approximate surface area is 131 Å². The largest absolute Gasteiger partial charge is 0.399 e. The van der Waals surface area contributed by atoms with Gasteiger partial charge in [0.25, 0.3) is 0 Å². The summed E-state index contributed by atoms with van der Waals surface area (Å²) in [6.07, 6.45) is 6.71. The van der Waals surface area contributed by atoms with Crippen molar-refractivity contribution in [3.8, 4) is 0 Å². The fourth-order valence-electron chi connectivity index (χ4n) is 1.90. The standard InChI is InChI=1S/C19H20N2O/c1-21(2)18-11-5-16(6-12-18)8-14-19(22)13-7-15-3-9-17(20)10-4-15/h3-14H,20H2,1-2H3/b13-7+,14-8+. The Balaban J connectivity index is 1.97. The van der Waals surface area contributed by atoms with E-state index in [2.05, 4.69) is 0 Å². The van der Waals surface area contributed by atoms with Gasteiger partial charge in [-0.15, -0.1) is 0 Å². The maximum Gasteiger partial charge on any atom is 0.178 e. The highest BCUT2D eigenvalue weighted by Crippen LogP contribution is 2.13. The zero-order valence-electron chi connectivity index (χ0n) is 12.9. The summed E-state index contributed by atoms with van der Waals surface area (Å²) in [5, 5.41) is 0. The average molecular weight is 292 g/mol. The first-order valence-corrected chi connectivity index (χ1v) is 7.07. The molecule has 2 rings (SSSR count). The maximum absolute atomic E-state index is 11.8. The normalized spacial score (nSPS) is 11.2. The van der Waals surface area contributed by atoms with Gasteiger partial charge in [0, 0.05) is 25.5 Å². The molecule has 0 aromatic heterocycles. The fourth-order valence-corrected chi connectivity index (χ4v) is 1.90. The van der Waals surface area contributed by atoms with E-state index in [1.165, 1.54) is 0 Å². The lowest BCUT2D eigenvalue weighted by Crippen LogP contribution is -2.07. The fraction of sp³-hybridized carbons (Fsp3) is 0.105. The van der Waals surface area contributed by atoms with Crippen molar-refractivity contribution >= 4 is 29.3 Å². The van der Waals surface area contributed by atoms with E-state index < -0.39 is 0 Å². The molecule has 2 aromatic carbocycles. The third kappa shape index (κ3) is 4.63. The van der Waals surface area contributed by atoms with Gasteiger partial charge in [0.05, 0.1) is 0 Å². The predicted octanol–water partition coefficient (Wildman–Crippen LogP) is 3.63. The first-order valence-electron chi connectivity index (χ1n) is 7.07. The highest BCUT2D eigenvalue weighted by molar-refractivity contribution is 6.04. The molecule has 0 aliphatic carbocycles. The molecule has 2 N–H and O–H groups in total. The van der Waals surface area contributed by atoms with Crippen LogP contribution in [0.3, 0.4) is 0 Å². The van der Waals surface area contributed by atoms with E-state index in [-0.39, 0.29) is 5.78 Å². The summed E-state index contributed by atoms with van der Waals surface area (Å²) < 4.78 is 0. The third-order valence-corrected chi connectivity index (χ3v) is 3.23. The second-order valence-electron chi connectivity index (χ2n) is 5.22. The van der Waals surface area contributed by atoms with Crippen LogP contribution < -0.4 is 10.6 Å². The Hall–Kier alpha value is -2.81. The van der Waals surface area contributed by atoms with Crippen molar-refractivity contribution in [2.24, 2.45) is 0 Å². The highest BCUT2D eigenvalue weighted by atomic mass is 16.1. The zero-order valence-corrected chi connectivity index (χ0v) is 12.9. The smallest absolute Gasteiger partial charge is 0.178 e. The van der Waals surface area contributed by atoms with Gasteiger partial charge in [-0.2, -0.15) is 0 Å². The summed E-state index contributed by atoms with van der Waals surface area (Å²) in [7, 11) is 3.99. The van der Waals surface area contributed by atoms with E-state index >= 15 is 0 Å². The number of ketones is 1. The van der Waals surface area contributed by atoms with E-state index in [9.17, 15) is 4.79 Å². The number of rotatable bonds is 5. The molecule has 0 fully saturated rings. The molecule has 112 valence electrons. The van der Waals surface area contributed by atoms with Crippen LogP contribution in [0.2, 0.25) is 0 Å². The molecular weight excluding hydrogens is 272 g/mol. The van der Waals surface area contributed by atoms with Crippen molar-refractivity contribution < 1.29 is 4.79 Å². The molecule has 0 amide bonds. The van der Waals surface area contributed by atoms with Crippen LogP contribution >= 0.6 is 0 Å². The van der Waals surface area contributed by atoms with Gasteiger partial charge in [0.15, 0.2) is 5.78 Å². The quantitative estimate of drug-likeness (QED) is 0.676. The van der Waals surface area contributed by atoms with Crippen LogP contribution in [0.25, 0.3) is 12.2 Å². The molecule has 0 atom stereocenters. The molecule has 0 aliphatic heterocycles. The summed E-state index contributed by atoms with van der Waals surface area (Å²) in [5.41, 5.74) is 9.41. The molecule has 22 heavy (non-hydrogen) atoms. The van der Waals surface area contributed by atoms with Crippen LogP contribution in [0.4, 0.5) is 11.4 Å². The van der Waals surface area contributed by atoms with Crippen LogP contribution in [0, 0.1) is 0 Å². The van der Waals surface area contributed by atoms with Gasteiger partial charge in [-0.3, -0.25) is 4.79 Å². The lowest BCUT2D eigenvalue weighted by Gasteiger charge is -2.11. The number of carbonyl (C=O) groups excluding carboxylic acids is 1. The van der Waals surface area contributed by atoms with E-state index in [1.807, 2.05) is 73.6 Å². The minimum atomic E-state index is -0.0477. The Kier molecular flexibility index (Phi) is 5.15. The molecule has 0 saturated carbocycles. The van der Waals surface area contributed by atoms with Crippen LogP contribution in [0.15, 0.2) is 60.7 Å². The first kappa shape index (κ1) is 15.6. The molecule has 0 spiro atoms. The van der Waals surface area contributed by atoms with Gasteiger partial charge in [-0.25, -0.2) is 0 Å². The molecule has 3 heteroatoms. The number of nitrogens with zero attached hydrogens (tertiary/aromatic N) is 1. The SMILES string of the molecule is CN(C)c1ccc(/C=C/C(=O)/C=C/c2ccc(N)cc2)cc1. The average Bonchev–Trinajstić information content (AvgIpc) is 2.52. The van der Waals surface area contributed by atoms with Crippen molar-refractivity contribution in [1.29, 1.82) is 0 Å². The van der Waals surface area contributed by atoms with E-state index in [0.29, 0.717) is 5.69 Å². The monoisotopic (exact) mass is 292 g/mol. The van der Waals surface area contributed by atoms with E-state index in [1.54, 1.807) is 18.2 Å². The van der Waals surface area contributed by atoms with E-state index in [4.69, 9.17) is 5.73 Å². The molecule has 0 bridgehead atoms. The minimum Gasteiger partial charge on any atom is -0.399 e. The van der Waals surface area contributed by atoms with Crippen molar-refractivity contribution in [1.82, 2.24) is 0 Å². The summed E-state index contributed by atoms with van der Waals surface area (Å²) in [5.74, 6) is -0.0477. The number of nitrogen functional groups attached to an aromatic ring is 1. The molecule has 0 heterocycles. The third-order valence-electron chi connectivity index (χ3n) is 3.23.